The molecule has 0 N–H and O–H groups in total. The van der Waals surface area contributed by atoms with Crippen LogP contribution in [0.3, 0.4) is 0 Å². The van der Waals surface area contributed by atoms with Crippen molar-refractivity contribution >= 4 is 16.8 Å². The molecule has 3 atom stereocenters. The normalized spacial score (nSPS) is 23.5. The number of benzene rings is 1. The molecule has 1 aliphatic carbocycles. The number of methoxy groups -OCH3 is 1. The monoisotopic (exact) mass is 308 g/mol. The molecule has 0 aromatic heterocycles. The van der Waals surface area contributed by atoms with Gasteiger partial charge in [-0.2, -0.15) is 0 Å². The van der Waals surface area contributed by atoms with Gasteiger partial charge in [0.05, 0.1) is 13.5 Å². The van der Waals surface area contributed by atoms with E-state index in [1.807, 2.05) is 24.3 Å². The summed E-state index contributed by atoms with van der Waals surface area (Å²) in [5.74, 6) is 0.974. The average Bonchev–Trinajstić information content (AvgIpc) is 2.49. The number of rotatable bonds is 5. The summed E-state index contributed by atoms with van der Waals surface area (Å²) in [7, 11) is 0.538. The molecule has 116 valence electrons. The van der Waals surface area contributed by atoms with Gasteiger partial charge in [-0.1, -0.05) is 44.0 Å². The Morgan fingerprint density at radius 1 is 1.29 bits per heavy atom. The lowest BCUT2D eigenvalue weighted by Crippen LogP contribution is -2.24. The van der Waals surface area contributed by atoms with Crippen LogP contribution in [0.25, 0.3) is 0 Å². The van der Waals surface area contributed by atoms with E-state index in [1.165, 1.54) is 20.0 Å². The Balaban J connectivity index is 2.04. The summed E-state index contributed by atoms with van der Waals surface area (Å²) in [5, 5.41) is 0.305. The first-order valence-electron chi connectivity index (χ1n) is 7.61. The van der Waals surface area contributed by atoms with Crippen LogP contribution in [0.5, 0.6) is 0 Å². The molecule has 3 nitrogen and oxygen atoms in total. The van der Waals surface area contributed by atoms with Crippen molar-refractivity contribution in [1.82, 2.24) is 0 Å². The van der Waals surface area contributed by atoms with Crippen LogP contribution in [0.4, 0.5) is 0 Å². The number of hydrogen-bond donors (Lipinski definition) is 0. The third-order valence-electron chi connectivity index (χ3n) is 4.24. The summed E-state index contributed by atoms with van der Waals surface area (Å²) in [6.45, 7) is 2.24. The van der Waals surface area contributed by atoms with Crippen LogP contribution in [0.15, 0.2) is 24.3 Å². The Morgan fingerprint density at radius 3 is 2.67 bits per heavy atom. The molecular formula is C17H24O3S. The molecule has 0 amide bonds. The second-order valence-corrected chi connectivity index (χ2v) is 7.66. The molecule has 1 saturated carbocycles. The van der Waals surface area contributed by atoms with E-state index < -0.39 is 10.8 Å². The minimum absolute atomic E-state index is 0.250. The molecule has 3 unspecified atom stereocenters. The highest BCUT2D eigenvalue weighted by Crippen LogP contribution is 2.28. The Kier molecular flexibility index (Phi) is 5.97. The molecule has 0 bridgehead atoms. The highest BCUT2D eigenvalue weighted by atomic mass is 32.2. The summed E-state index contributed by atoms with van der Waals surface area (Å²) in [6.07, 6.45) is 4.82. The van der Waals surface area contributed by atoms with Gasteiger partial charge in [-0.3, -0.25) is 9.00 Å². The number of carbonyl (C=O) groups is 1. The Morgan fingerprint density at radius 2 is 2.00 bits per heavy atom. The van der Waals surface area contributed by atoms with Crippen molar-refractivity contribution in [1.29, 1.82) is 0 Å². The minimum Gasteiger partial charge on any atom is -0.469 e. The van der Waals surface area contributed by atoms with Gasteiger partial charge in [0.1, 0.15) is 0 Å². The number of carbonyl (C=O) groups excluding carboxylic acids is 1. The Hall–Kier alpha value is -1.16. The van der Waals surface area contributed by atoms with Crippen molar-refractivity contribution in [2.75, 3.05) is 7.11 Å². The van der Waals surface area contributed by atoms with Crippen molar-refractivity contribution < 1.29 is 13.7 Å². The molecule has 0 radical (unpaired) electrons. The van der Waals surface area contributed by atoms with E-state index in [4.69, 9.17) is 4.74 Å². The molecule has 0 heterocycles. The van der Waals surface area contributed by atoms with Crippen LogP contribution in [0.2, 0.25) is 0 Å². The van der Waals surface area contributed by atoms with Gasteiger partial charge in [-0.25, -0.2) is 0 Å². The standard InChI is InChI=1S/C17H24O3S/c1-13-6-5-9-16(10-13)21(19)12-15-8-4-3-7-14(15)11-17(18)20-2/h3-4,7-8,13,16H,5-6,9-12H2,1-2H3. The largest absolute Gasteiger partial charge is 0.469 e. The molecule has 0 spiro atoms. The van der Waals surface area contributed by atoms with Gasteiger partial charge in [0.25, 0.3) is 0 Å². The molecule has 4 heteroatoms. The van der Waals surface area contributed by atoms with Crippen LogP contribution in [0.1, 0.15) is 43.7 Å². The zero-order valence-electron chi connectivity index (χ0n) is 12.8. The lowest BCUT2D eigenvalue weighted by Gasteiger charge is -2.26. The molecule has 21 heavy (non-hydrogen) atoms. The predicted molar refractivity (Wildman–Crippen MR) is 85.4 cm³/mol. The average molecular weight is 308 g/mol. The van der Waals surface area contributed by atoms with Gasteiger partial charge in [0.2, 0.25) is 0 Å². The maximum Gasteiger partial charge on any atom is 0.309 e. The fourth-order valence-electron chi connectivity index (χ4n) is 2.99. The zero-order valence-corrected chi connectivity index (χ0v) is 13.7. The third-order valence-corrected chi connectivity index (χ3v) is 6.01. The van der Waals surface area contributed by atoms with E-state index in [9.17, 15) is 9.00 Å². The molecule has 0 aliphatic heterocycles. The van der Waals surface area contributed by atoms with Crippen molar-refractivity contribution in [3.8, 4) is 0 Å². The first-order valence-corrected chi connectivity index (χ1v) is 8.99. The molecule has 1 aromatic carbocycles. The van der Waals surface area contributed by atoms with Gasteiger partial charge in [-0.05, 0) is 29.9 Å². The van der Waals surface area contributed by atoms with Crippen LogP contribution < -0.4 is 0 Å². The fourth-order valence-corrected chi connectivity index (χ4v) is 4.78. The van der Waals surface area contributed by atoms with Crippen LogP contribution in [-0.2, 0) is 32.5 Å². The lowest BCUT2D eigenvalue weighted by atomic mass is 9.91. The first-order chi connectivity index (χ1) is 10.1. The first kappa shape index (κ1) is 16.2. The minimum atomic E-state index is -0.857. The van der Waals surface area contributed by atoms with Gasteiger partial charge < -0.3 is 4.74 Å². The van der Waals surface area contributed by atoms with Crippen LogP contribution in [0, 0.1) is 5.92 Å². The summed E-state index contributed by atoms with van der Waals surface area (Å²) in [5.41, 5.74) is 1.95. The number of ether oxygens (including phenoxy) is 1. The summed E-state index contributed by atoms with van der Waals surface area (Å²) < 4.78 is 17.3. The van der Waals surface area contributed by atoms with Crippen molar-refractivity contribution in [2.24, 2.45) is 5.92 Å². The summed E-state index contributed by atoms with van der Waals surface area (Å²) in [4.78, 5) is 11.5. The molecule has 2 rings (SSSR count). The van der Waals surface area contributed by atoms with Gasteiger partial charge in [-0.15, -0.1) is 0 Å². The van der Waals surface area contributed by atoms with E-state index in [0.717, 1.165) is 24.0 Å². The maximum absolute atomic E-state index is 12.6. The predicted octanol–water partition coefficient (Wildman–Crippen LogP) is 3.23. The number of esters is 1. The number of hydrogen-bond acceptors (Lipinski definition) is 3. The van der Waals surface area contributed by atoms with Crippen molar-refractivity contribution in [2.45, 2.75) is 50.0 Å². The Labute approximate surface area is 129 Å². The second kappa shape index (κ2) is 7.74. The van der Waals surface area contributed by atoms with Crippen LogP contribution in [-0.4, -0.2) is 22.5 Å². The smallest absolute Gasteiger partial charge is 0.309 e. The van der Waals surface area contributed by atoms with E-state index in [1.54, 1.807) is 0 Å². The highest BCUT2D eigenvalue weighted by molar-refractivity contribution is 7.84. The van der Waals surface area contributed by atoms with Crippen LogP contribution >= 0.6 is 0 Å². The molecule has 0 saturated heterocycles. The van der Waals surface area contributed by atoms with Gasteiger partial charge >= 0.3 is 5.97 Å². The topological polar surface area (TPSA) is 43.4 Å². The SMILES string of the molecule is COC(=O)Cc1ccccc1CS(=O)C1CCCC(C)C1. The van der Waals surface area contributed by atoms with E-state index in [-0.39, 0.29) is 12.4 Å². The van der Waals surface area contributed by atoms with Gasteiger partial charge in [0.15, 0.2) is 0 Å². The Bertz CT molecular complexity index is 513. The second-order valence-electron chi connectivity index (χ2n) is 5.94. The third kappa shape index (κ3) is 4.67. The molecule has 1 fully saturated rings. The molecular weight excluding hydrogens is 284 g/mol. The van der Waals surface area contributed by atoms with E-state index in [2.05, 4.69) is 6.92 Å². The summed E-state index contributed by atoms with van der Waals surface area (Å²) in [6, 6.07) is 7.75. The molecule has 1 aliphatic rings. The summed E-state index contributed by atoms with van der Waals surface area (Å²) >= 11 is 0. The van der Waals surface area contributed by atoms with E-state index >= 15 is 0 Å². The van der Waals surface area contributed by atoms with E-state index in [0.29, 0.717) is 16.9 Å². The zero-order chi connectivity index (χ0) is 15.2. The molecule has 1 aromatic rings. The van der Waals surface area contributed by atoms with Crippen molar-refractivity contribution in [3.63, 3.8) is 0 Å². The highest BCUT2D eigenvalue weighted by Gasteiger charge is 2.24. The lowest BCUT2D eigenvalue weighted by molar-refractivity contribution is -0.139. The van der Waals surface area contributed by atoms with Gasteiger partial charge in [0, 0.05) is 21.8 Å². The van der Waals surface area contributed by atoms with Crippen molar-refractivity contribution in [3.05, 3.63) is 35.4 Å². The fraction of sp³-hybridized carbons (Fsp3) is 0.588. The quantitative estimate of drug-likeness (QED) is 0.784. The maximum atomic E-state index is 12.6.